The molecule has 0 fully saturated rings. The van der Waals surface area contributed by atoms with E-state index in [1.54, 1.807) is 43.5 Å². The molecule has 0 spiro atoms. The van der Waals surface area contributed by atoms with Crippen LogP contribution in [0.5, 0.6) is 11.5 Å². The molecule has 0 saturated carbocycles. The van der Waals surface area contributed by atoms with Gasteiger partial charge in [0, 0.05) is 5.56 Å². The van der Waals surface area contributed by atoms with E-state index in [2.05, 4.69) is 15.9 Å². The molecule has 0 amide bonds. The van der Waals surface area contributed by atoms with Crippen LogP contribution in [0.4, 0.5) is 4.39 Å². The first-order valence-electron chi connectivity index (χ1n) is 6.97. The first-order valence-corrected chi connectivity index (χ1v) is 7.77. The Balaban J connectivity index is 2.51. The van der Waals surface area contributed by atoms with Gasteiger partial charge in [-0.25, -0.2) is 4.39 Å². The number of hydrogen-bond donors (Lipinski definition) is 0. The summed E-state index contributed by atoms with van der Waals surface area (Å²) in [6.45, 7) is 2.38. The summed E-state index contributed by atoms with van der Waals surface area (Å²) in [4.78, 5) is 0. The van der Waals surface area contributed by atoms with Gasteiger partial charge in [0.2, 0.25) is 0 Å². The molecule has 0 saturated heterocycles. The van der Waals surface area contributed by atoms with Crippen molar-refractivity contribution < 1.29 is 13.9 Å². The van der Waals surface area contributed by atoms with Crippen LogP contribution < -0.4 is 9.47 Å². The average molecular weight is 376 g/mol. The first kappa shape index (κ1) is 17.0. The molecule has 2 aromatic carbocycles. The molecule has 0 bridgehead atoms. The number of ether oxygens (including phenoxy) is 2. The van der Waals surface area contributed by atoms with Crippen LogP contribution in [0.25, 0.3) is 11.6 Å². The quantitative estimate of drug-likeness (QED) is 0.541. The molecule has 0 aliphatic carbocycles. The zero-order valence-corrected chi connectivity index (χ0v) is 14.4. The summed E-state index contributed by atoms with van der Waals surface area (Å²) in [5.41, 5.74) is 1.21. The predicted octanol–water partition coefficient (Wildman–Crippen LogP) is 5.06. The second-order valence-electron chi connectivity index (χ2n) is 4.62. The van der Waals surface area contributed by atoms with E-state index >= 15 is 0 Å². The smallest absolute Gasteiger partial charge is 0.175 e. The van der Waals surface area contributed by atoms with Gasteiger partial charge in [-0.15, -0.1) is 0 Å². The number of nitriles is 1. The molecule has 0 radical (unpaired) electrons. The summed E-state index contributed by atoms with van der Waals surface area (Å²) in [6.07, 6.45) is 1.61. The molecule has 0 aliphatic heterocycles. The highest BCUT2D eigenvalue weighted by molar-refractivity contribution is 9.10. The summed E-state index contributed by atoms with van der Waals surface area (Å²) in [5, 5.41) is 9.35. The van der Waals surface area contributed by atoms with E-state index in [9.17, 15) is 9.65 Å². The van der Waals surface area contributed by atoms with Crippen molar-refractivity contribution in [1.82, 2.24) is 0 Å². The minimum atomic E-state index is -0.433. The van der Waals surface area contributed by atoms with Crippen molar-refractivity contribution >= 4 is 27.6 Å². The minimum Gasteiger partial charge on any atom is -0.493 e. The lowest BCUT2D eigenvalue weighted by atomic mass is 10.0. The minimum absolute atomic E-state index is 0.237. The van der Waals surface area contributed by atoms with E-state index in [1.807, 2.05) is 13.0 Å². The van der Waals surface area contributed by atoms with Crippen LogP contribution in [0.15, 0.2) is 40.9 Å². The summed E-state index contributed by atoms with van der Waals surface area (Å²) >= 11 is 3.43. The fourth-order valence-corrected chi connectivity index (χ4v) is 2.70. The number of methoxy groups -OCH3 is 1. The van der Waals surface area contributed by atoms with Crippen LogP contribution in [0.2, 0.25) is 0 Å². The SMILES string of the molecule is CCOc1c(Br)cc(C=C(C#N)c2ccccc2F)cc1OC. The number of halogens is 2. The topological polar surface area (TPSA) is 42.2 Å². The number of allylic oxidation sites excluding steroid dienone is 1. The van der Waals surface area contributed by atoms with Crippen molar-refractivity contribution in [2.45, 2.75) is 6.92 Å². The lowest BCUT2D eigenvalue weighted by molar-refractivity contribution is 0.309. The van der Waals surface area contributed by atoms with Gasteiger partial charge in [0.15, 0.2) is 11.5 Å². The highest BCUT2D eigenvalue weighted by atomic mass is 79.9. The van der Waals surface area contributed by atoms with Gasteiger partial charge >= 0.3 is 0 Å². The first-order chi connectivity index (χ1) is 11.1. The largest absolute Gasteiger partial charge is 0.493 e. The molecule has 5 heteroatoms. The molecule has 0 aliphatic rings. The number of hydrogen-bond acceptors (Lipinski definition) is 3. The fraction of sp³-hybridized carbons (Fsp3) is 0.167. The molecule has 0 heterocycles. The molecule has 2 rings (SSSR count). The van der Waals surface area contributed by atoms with Crippen molar-refractivity contribution in [3.8, 4) is 17.6 Å². The normalized spacial score (nSPS) is 11.0. The third-order valence-corrected chi connectivity index (χ3v) is 3.72. The summed E-state index contributed by atoms with van der Waals surface area (Å²) in [5.74, 6) is 0.701. The third kappa shape index (κ3) is 3.91. The number of rotatable bonds is 5. The van der Waals surface area contributed by atoms with E-state index in [1.165, 1.54) is 6.07 Å². The monoisotopic (exact) mass is 375 g/mol. The van der Waals surface area contributed by atoms with Gasteiger partial charge in [0.05, 0.1) is 29.8 Å². The molecule has 2 aromatic rings. The molecule has 0 unspecified atom stereocenters. The predicted molar refractivity (Wildman–Crippen MR) is 91.7 cm³/mol. The second kappa shape index (κ2) is 7.80. The molecule has 0 aromatic heterocycles. The van der Waals surface area contributed by atoms with Crippen molar-refractivity contribution in [1.29, 1.82) is 5.26 Å². The second-order valence-corrected chi connectivity index (χ2v) is 5.47. The standard InChI is InChI=1S/C18H15BrFNO2/c1-3-23-18-15(19)9-12(10-17(18)22-2)8-13(11-21)14-6-4-5-7-16(14)20/h4-10H,3H2,1-2H3. The lowest BCUT2D eigenvalue weighted by Gasteiger charge is -2.12. The van der Waals surface area contributed by atoms with Gasteiger partial charge in [0.25, 0.3) is 0 Å². The Bertz CT molecular complexity index is 781. The van der Waals surface area contributed by atoms with Gasteiger partial charge in [0.1, 0.15) is 5.82 Å². The molecule has 118 valence electrons. The highest BCUT2D eigenvalue weighted by Crippen LogP contribution is 2.37. The average Bonchev–Trinajstić information content (AvgIpc) is 2.55. The fourth-order valence-electron chi connectivity index (χ4n) is 2.12. The Morgan fingerprint density at radius 2 is 2.09 bits per heavy atom. The summed E-state index contributed by atoms with van der Waals surface area (Å²) < 4.78 is 25.4. The molecular formula is C18H15BrFNO2. The maximum atomic E-state index is 13.9. The van der Waals surface area contributed by atoms with Crippen molar-refractivity contribution in [2.24, 2.45) is 0 Å². The van der Waals surface area contributed by atoms with Crippen LogP contribution in [-0.2, 0) is 0 Å². The van der Waals surface area contributed by atoms with Crippen molar-refractivity contribution in [3.05, 3.63) is 57.8 Å². The van der Waals surface area contributed by atoms with Crippen LogP contribution in [0, 0.1) is 17.1 Å². The van der Waals surface area contributed by atoms with Gasteiger partial charge in [-0.1, -0.05) is 18.2 Å². The number of nitrogens with zero attached hydrogens (tertiary/aromatic N) is 1. The molecular weight excluding hydrogens is 361 g/mol. The van der Waals surface area contributed by atoms with E-state index < -0.39 is 5.82 Å². The maximum absolute atomic E-state index is 13.9. The van der Waals surface area contributed by atoms with Gasteiger partial charge < -0.3 is 9.47 Å². The Kier molecular flexibility index (Phi) is 5.78. The Morgan fingerprint density at radius 3 is 2.70 bits per heavy atom. The Morgan fingerprint density at radius 1 is 1.35 bits per heavy atom. The van der Waals surface area contributed by atoms with Crippen molar-refractivity contribution in [3.63, 3.8) is 0 Å². The summed E-state index contributed by atoms with van der Waals surface area (Å²) in [7, 11) is 1.54. The van der Waals surface area contributed by atoms with Gasteiger partial charge in [-0.05, 0) is 52.7 Å². The molecule has 3 nitrogen and oxygen atoms in total. The Hall–Kier alpha value is -2.32. The molecule has 23 heavy (non-hydrogen) atoms. The van der Waals surface area contributed by atoms with Gasteiger partial charge in [-0.2, -0.15) is 5.26 Å². The molecule has 0 N–H and O–H groups in total. The molecule has 0 atom stereocenters. The van der Waals surface area contributed by atoms with Crippen LogP contribution in [0.3, 0.4) is 0 Å². The third-order valence-electron chi connectivity index (χ3n) is 3.14. The zero-order valence-electron chi connectivity index (χ0n) is 12.8. The highest BCUT2D eigenvalue weighted by Gasteiger charge is 2.12. The summed E-state index contributed by atoms with van der Waals surface area (Å²) in [6, 6.07) is 11.8. The number of benzene rings is 2. The zero-order chi connectivity index (χ0) is 16.8. The maximum Gasteiger partial charge on any atom is 0.175 e. The van der Waals surface area contributed by atoms with Crippen LogP contribution in [-0.4, -0.2) is 13.7 Å². The van der Waals surface area contributed by atoms with E-state index in [0.29, 0.717) is 28.1 Å². The van der Waals surface area contributed by atoms with E-state index in [-0.39, 0.29) is 11.1 Å². The van der Waals surface area contributed by atoms with Crippen LogP contribution >= 0.6 is 15.9 Å². The van der Waals surface area contributed by atoms with E-state index in [0.717, 1.165) is 0 Å². The van der Waals surface area contributed by atoms with E-state index in [4.69, 9.17) is 9.47 Å². The van der Waals surface area contributed by atoms with Crippen molar-refractivity contribution in [2.75, 3.05) is 13.7 Å². The van der Waals surface area contributed by atoms with Gasteiger partial charge in [-0.3, -0.25) is 0 Å². The lowest BCUT2D eigenvalue weighted by Crippen LogP contribution is -1.97. The van der Waals surface area contributed by atoms with Crippen LogP contribution in [0.1, 0.15) is 18.1 Å². The Labute approximate surface area is 143 Å².